The first kappa shape index (κ1) is 13.8. The van der Waals surface area contributed by atoms with Crippen LogP contribution in [-0.4, -0.2) is 30.3 Å². The Kier molecular flexibility index (Phi) is 5.01. The van der Waals surface area contributed by atoms with E-state index in [2.05, 4.69) is 0 Å². The van der Waals surface area contributed by atoms with Gasteiger partial charge in [-0.05, 0) is 32.6 Å². The van der Waals surface area contributed by atoms with Crippen LogP contribution >= 0.6 is 0 Å². The third-order valence-corrected chi connectivity index (χ3v) is 4.05. The SMILES string of the molecule is C[C@@H]1OC(=O)[C@@H](N)CCCC[C@H]1OC1CCCC1. The molecule has 1 heterocycles. The minimum Gasteiger partial charge on any atom is -0.459 e. The zero-order chi connectivity index (χ0) is 13.0. The van der Waals surface area contributed by atoms with Crippen molar-refractivity contribution in [1.29, 1.82) is 0 Å². The van der Waals surface area contributed by atoms with Gasteiger partial charge in [0.05, 0.1) is 12.2 Å². The summed E-state index contributed by atoms with van der Waals surface area (Å²) in [5.74, 6) is -0.274. The van der Waals surface area contributed by atoms with E-state index in [4.69, 9.17) is 15.2 Å². The molecule has 0 bridgehead atoms. The van der Waals surface area contributed by atoms with Crippen LogP contribution in [0.1, 0.15) is 58.3 Å². The molecule has 2 N–H and O–H groups in total. The van der Waals surface area contributed by atoms with E-state index in [9.17, 15) is 4.79 Å². The Hall–Kier alpha value is -0.610. The highest BCUT2D eigenvalue weighted by atomic mass is 16.6. The Bertz CT molecular complexity index is 276. The van der Waals surface area contributed by atoms with E-state index in [0.29, 0.717) is 6.10 Å². The molecule has 2 aliphatic rings. The van der Waals surface area contributed by atoms with Crippen LogP contribution in [0.5, 0.6) is 0 Å². The first-order chi connectivity index (χ1) is 8.66. The summed E-state index contributed by atoms with van der Waals surface area (Å²) in [7, 11) is 0. The molecular weight excluding hydrogens is 230 g/mol. The summed E-state index contributed by atoms with van der Waals surface area (Å²) in [4.78, 5) is 11.7. The van der Waals surface area contributed by atoms with Gasteiger partial charge >= 0.3 is 5.97 Å². The largest absolute Gasteiger partial charge is 0.459 e. The molecule has 0 aromatic carbocycles. The smallest absolute Gasteiger partial charge is 0.323 e. The Morgan fingerprint density at radius 1 is 1.11 bits per heavy atom. The van der Waals surface area contributed by atoms with Crippen LogP contribution in [0, 0.1) is 0 Å². The fourth-order valence-electron chi connectivity index (χ4n) is 2.86. The minimum atomic E-state index is -0.460. The third-order valence-electron chi connectivity index (χ3n) is 4.05. The van der Waals surface area contributed by atoms with Gasteiger partial charge in [-0.2, -0.15) is 0 Å². The number of cyclic esters (lactones) is 1. The Morgan fingerprint density at radius 3 is 2.44 bits per heavy atom. The second kappa shape index (κ2) is 6.53. The summed E-state index contributed by atoms with van der Waals surface area (Å²) >= 11 is 0. The number of nitrogens with two attached hydrogens (primary N) is 1. The van der Waals surface area contributed by atoms with Gasteiger partial charge in [0.15, 0.2) is 0 Å². The van der Waals surface area contributed by atoms with Crippen LogP contribution in [0.3, 0.4) is 0 Å². The lowest BCUT2D eigenvalue weighted by Crippen LogP contribution is -2.38. The fraction of sp³-hybridized carbons (Fsp3) is 0.929. The van der Waals surface area contributed by atoms with Gasteiger partial charge in [-0.15, -0.1) is 0 Å². The van der Waals surface area contributed by atoms with E-state index < -0.39 is 6.04 Å². The van der Waals surface area contributed by atoms with Gasteiger partial charge in [0.1, 0.15) is 12.1 Å². The third kappa shape index (κ3) is 3.69. The second-order valence-corrected chi connectivity index (χ2v) is 5.61. The Morgan fingerprint density at radius 2 is 1.72 bits per heavy atom. The van der Waals surface area contributed by atoms with Gasteiger partial charge in [-0.1, -0.05) is 25.7 Å². The number of ether oxygens (including phenoxy) is 2. The molecule has 0 aromatic rings. The average Bonchev–Trinajstić information content (AvgIpc) is 2.85. The van der Waals surface area contributed by atoms with E-state index in [0.717, 1.165) is 38.5 Å². The van der Waals surface area contributed by atoms with Crippen molar-refractivity contribution >= 4 is 5.97 Å². The van der Waals surface area contributed by atoms with Crippen molar-refractivity contribution in [3.63, 3.8) is 0 Å². The summed E-state index contributed by atoms with van der Waals surface area (Å²) in [6, 6.07) is -0.460. The molecule has 1 aliphatic heterocycles. The summed E-state index contributed by atoms with van der Waals surface area (Å²) in [6.45, 7) is 1.93. The zero-order valence-electron chi connectivity index (χ0n) is 11.3. The number of hydrogen-bond acceptors (Lipinski definition) is 4. The summed E-state index contributed by atoms with van der Waals surface area (Å²) in [5.41, 5.74) is 5.77. The van der Waals surface area contributed by atoms with Gasteiger partial charge in [0.25, 0.3) is 0 Å². The first-order valence-electron chi connectivity index (χ1n) is 7.28. The van der Waals surface area contributed by atoms with Crippen LogP contribution in [0.2, 0.25) is 0 Å². The molecule has 0 amide bonds. The molecule has 0 spiro atoms. The molecule has 18 heavy (non-hydrogen) atoms. The molecular formula is C14H25NO3. The van der Waals surface area contributed by atoms with Crippen molar-refractivity contribution in [2.45, 2.75) is 82.6 Å². The average molecular weight is 255 g/mol. The zero-order valence-corrected chi connectivity index (χ0v) is 11.3. The van der Waals surface area contributed by atoms with E-state index in [1.165, 1.54) is 12.8 Å². The van der Waals surface area contributed by atoms with Crippen LogP contribution < -0.4 is 5.73 Å². The number of rotatable bonds is 2. The van der Waals surface area contributed by atoms with Gasteiger partial charge in [0.2, 0.25) is 0 Å². The molecule has 0 radical (unpaired) electrons. The minimum absolute atomic E-state index is 0.0438. The maximum absolute atomic E-state index is 11.7. The number of carbonyl (C=O) groups is 1. The molecule has 104 valence electrons. The topological polar surface area (TPSA) is 61.5 Å². The van der Waals surface area contributed by atoms with Crippen LogP contribution in [0.15, 0.2) is 0 Å². The Balaban J connectivity index is 1.92. The predicted molar refractivity (Wildman–Crippen MR) is 69.1 cm³/mol. The van der Waals surface area contributed by atoms with E-state index in [1.54, 1.807) is 0 Å². The highest BCUT2D eigenvalue weighted by Crippen LogP contribution is 2.26. The van der Waals surface area contributed by atoms with Crippen molar-refractivity contribution < 1.29 is 14.3 Å². The number of carbonyl (C=O) groups excluding carboxylic acids is 1. The molecule has 1 aliphatic carbocycles. The molecule has 0 unspecified atom stereocenters. The summed E-state index contributed by atoms with van der Waals surface area (Å²) in [6.07, 6.45) is 8.79. The van der Waals surface area contributed by atoms with E-state index in [-0.39, 0.29) is 18.2 Å². The van der Waals surface area contributed by atoms with Crippen molar-refractivity contribution in [2.24, 2.45) is 5.73 Å². The maximum Gasteiger partial charge on any atom is 0.323 e. The van der Waals surface area contributed by atoms with Gasteiger partial charge in [-0.25, -0.2) is 0 Å². The van der Waals surface area contributed by atoms with Crippen molar-refractivity contribution in [3.05, 3.63) is 0 Å². The maximum atomic E-state index is 11.7. The Labute approximate surface area is 109 Å². The lowest BCUT2D eigenvalue weighted by atomic mass is 10.1. The standard InChI is InChI=1S/C14H25NO3/c1-10-13(18-11-6-2-3-7-11)9-5-4-8-12(15)14(16)17-10/h10-13H,2-9,15H2,1H3/t10-,12-,13+/m0/s1. The molecule has 0 aromatic heterocycles. The van der Waals surface area contributed by atoms with Crippen LogP contribution in [-0.2, 0) is 14.3 Å². The fourth-order valence-corrected chi connectivity index (χ4v) is 2.86. The van der Waals surface area contributed by atoms with Crippen molar-refractivity contribution in [3.8, 4) is 0 Å². The van der Waals surface area contributed by atoms with Crippen LogP contribution in [0.25, 0.3) is 0 Å². The highest BCUT2D eigenvalue weighted by Gasteiger charge is 2.29. The molecule has 1 saturated heterocycles. The first-order valence-corrected chi connectivity index (χ1v) is 7.28. The van der Waals surface area contributed by atoms with E-state index >= 15 is 0 Å². The number of esters is 1. The quantitative estimate of drug-likeness (QED) is 0.768. The highest BCUT2D eigenvalue weighted by molar-refractivity contribution is 5.75. The lowest BCUT2D eigenvalue weighted by Gasteiger charge is -2.27. The molecule has 2 rings (SSSR count). The monoisotopic (exact) mass is 255 g/mol. The number of hydrogen-bond donors (Lipinski definition) is 1. The van der Waals surface area contributed by atoms with Gasteiger partial charge < -0.3 is 15.2 Å². The summed E-state index contributed by atoms with van der Waals surface area (Å²) < 4.78 is 11.5. The molecule has 4 nitrogen and oxygen atoms in total. The van der Waals surface area contributed by atoms with Gasteiger partial charge in [0, 0.05) is 0 Å². The van der Waals surface area contributed by atoms with Crippen LogP contribution in [0.4, 0.5) is 0 Å². The van der Waals surface area contributed by atoms with E-state index in [1.807, 2.05) is 6.92 Å². The normalized spacial score (nSPS) is 35.7. The van der Waals surface area contributed by atoms with Crippen molar-refractivity contribution in [1.82, 2.24) is 0 Å². The summed E-state index contributed by atoms with van der Waals surface area (Å²) in [5, 5.41) is 0. The second-order valence-electron chi connectivity index (χ2n) is 5.61. The predicted octanol–water partition coefficient (Wildman–Crippen LogP) is 2.15. The lowest BCUT2D eigenvalue weighted by molar-refractivity contribution is -0.160. The van der Waals surface area contributed by atoms with Gasteiger partial charge in [-0.3, -0.25) is 4.79 Å². The van der Waals surface area contributed by atoms with Crippen molar-refractivity contribution in [2.75, 3.05) is 0 Å². The molecule has 1 saturated carbocycles. The molecule has 2 fully saturated rings. The molecule has 3 atom stereocenters. The molecule has 4 heteroatoms.